The van der Waals surface area contributed by atoms with Gasteiger partial charge in [0.15, 0.2) is 0 Å². The molecule has 0 atom stereocenters. The van der Waals surface area contributed by atoms with Gasteiger partial charge in [-0.15, -0.1) is 0 Å². The molecule has 0 aliphatic heterocycles. The van der Waals surface area contributed by atoms with Crippen molar-refractivity contribution in [3.05, 3.63) is 119 Å². The van der Waals surface area contributed by atoms with Crippen LogP contribution >= 0.6 is 0 Å². The molecule has 28 heavy (non-hydrogen) atoms. The van der Waals surface area contributed by atoms with Gasteiger partial charge < -0.3 is 0 Å². The van der Waals surface area contributed by atoms with Gasteiger partial charge in [0.2, 0.25) is 0 Å². The van der Waals surface area contributed by atoms with Crippen LogP contribution in [0.3, 0.4) is 0 Å². The van der Waals surface area contributed by atoms with E-state index in [4.69, 9.17) is 0 Å². The van der Waals surface area contributed by atoms with Gasteiger partial charge in [0, 0.05) is 0 Å². The van der Waals surface area contributed by atoms with Crippen molar-refractivity contribution in [1.82, 2.24) is 0 Å². The van der Waals surface area contributed by atoms with E-state index in [0.29, 0.717) is 0 Å². The zero-order chi connectivity index (χ0) is 17.6. The van der Waals surface area contributed by atoms with E-state index < -0.39 is 0 Å². The molecule has 0 amide bonds. The summed E-state index contributed by atoms with van der Waals surface area (Å²) in [4.78, 5) is 0. The zero-order valence-electron chi connectivity index (χ0n) is 14.5. The van der Waals surface area contributed by atoms with Crippen molar-refractivity contribution in [2.75, 3.05) is 0 Å². The van der Waals surface area contributed by atoms with Crippen molar-refractivity contribution in [2.45, 2.75) is 0 Å². The van der Waals surface area contributed by atoms with E-state index in [-0.39, 0.29) is 37.7 Å². The van der Waals surface area contributed by atoms with E-state index in [1.54, 1.807) is 0 Å². The van der Waals surface area contributed by atoms with Gasteiger partial charge in [0.05, 0.1) is 0 Å². The molecule has 0 N–H and O–H groups in total. The van der Waals surface area contributed by atoms with Crippen molar-refractivity contribution in [3.63, 3.8) is 0 Å². The van der Waals surface area contributed by atoms with E-state index in [2.05, 4.69) is 109 Å². The Morgan fingerprint density at radius 3 is 1.61 bits per heavy atom. The molecule has 0 aliphatic carbocycles. The van der Waals surface area contributed by atoms with Gasteiger partial charge in [0.1, 0.15) is 0 Å². The van der Waals surface area contributed by atoms with Gasteiger partial charge in [-0.25, -0.2) is 0 Å². The average molecular weight is 348 g/mol. The number of hydrogen-bond acceptors (Lipinski definition) is 0. The molecule has 0 saturated carbocycles. The quantitative estimate of drug-likeness (QED) is 0.319. The first-order valence-corrected chi connectivity index (χ1v) is 8.88. The van der Waals surface area contributed by atoms with E-state index >= 15 is 0 Å². The minimum absolute atomic E-state index is 0. The van der Waals surface area contributed by atoms with Crippen LogP contribution in [0.25, 0.3) is 35.1 Å². The Labute approximate surface area is 191 Å². The van der Waals surface area contributed by atoms with E-state index in [1.807, 2.05) is 12.1 Å². The third kappa shape index (κ3) is 5.42. The summed E-state index contributed by atoms with van der Waals surface area (Å²) >= 11 is 0. The van der Waals surface area contributed by atoms with Crippen molar-refractivity contribution in [2.24, 2.45) is 0 Å². The van der Waals surface area contributed by atoms with Gasteiger partial charge in [-0.05, 0) is 33.0 Å². The number of hydrogen-bond donors (Lipinski definition) is 0. The Balaban J connectivity index is 0.00000140. The minimum atomic E-state index is 0. The van der Waals surface area contributed by atoms with E-state index in [1.165, 1.54) is 33.0 Å². The molecule has 128 valence electrons. The Kier molecular flexibility index (Phi) is 8.66. The maximum absolute atomic E-state index is 2.22. The molecule has 0 unspecified atom stereocenters. The normalized spacial score (nSPS) is 10.7. The molecule has 0 bridgehead atoms. The summed E-state index contributed by atoms with van der Waals surface area (Å²) in [6, 6.07) is 33.8. The molecule has 4 aromatic rings. The fourth-order valence-electron chi connectivity index (χ4n) is 3.14. The molecule has 0 nitrogen and oxygen atoms in total. The van der Waals surface area contributed by atoms with Gasteiger partial charge in [0.25, 0.3) is 0 Å². The Morgan fingerprint density at radius 2 is 0.964 bits per heavy atom. The van der Waals surface area contributed by atoms with E-state index in [0.717, 1.165) is 0 Å². The Hall–Kier alpha value is -2.19. The molecule has 0 aromatic heterocycles. The summed E-state index contributed by atoms with van der Waals surface area (Å²) in [5, 5.41) is 2.53. The Bertz CT molecular complexity index is 1070. The molecule has 0 fully saturated rings. The second kappa shape index (κ2) is 11.0. The summed E-state index contributed by atoms with van der Waals surface area (Å²) in [6.45, 7) is 0. The molecular formula is C26H22Li2. The summed E-state index contributed by atoms with van der Waals surface area (Å²) in [7, 11) is 0. The van der Waals surface area contributed by atoms with Gasteiger partial charge in [-0.3, -0.25) is 0 Å². The molecule has 0 aliphatic rings. The van der Waals surface area contributed by atoms with Crippen LogP contribution in [-0.2, 0) is 0 Å². The van der Waals surface area contributed by atoms with Crippen molar-refractivity contribution in [3.8, 4) is 0 Å². The molecule has 2 heteroatoms. The third-order valence-corrected chi connectivity index (χ3v) is 4.50. The molecule has 4 rings (SSSR count). The monoisotopic (exact) mass is 348 g/mol. The first kappa shape index (κ1) is 22.1. The molecular weight excluding hydrogens is 326 g/mol. The van der Waals surface area contributed by atoms with Gasteiger partial charge in [-0.1, -0.05) is 121 Å². The standard InChI is InChI=1S/C26H20.2Li.2H/c1-3-9-21(10-4-1)15-17-24-19-18-23-13-7-8-14-25(23)26(24)20-16-22-11-5-2-6-12-22;;;;/h1-20H;;;;/b17-15+,20-16+;;;;. The van der Waals surface area contributed by atoms with Gasteiger partial charge in [-0.2, -0.15) is 0 Å². The second-order valence-electron chi connectivity index (χ2n) is 6.28. The fourth-order valence-corrected chi connectivity index (χ4v) is 3.14. The zero-order valence-corrected chi connectivity index (χ0v) is 14.5. The van der Waals surface area contributed by atoms with Crippen LogP contribution < -0.4 is 0 Å². The second-order valence-corrected chi connectivity index (χ2v) is 6.28. The fraction of sp³-hybridized carbons (Fsp3) is 0. The SMILES string of the molecule is C(=C\c1ccc2ccccc2c1/C=C/c1ccccc1)/c1ccccc1.[LiH].[LiH]. The van der Waals surface area contributed by atoms with Crippen LogP contribution in [0.5, 0.6) is 0 Å². The van der Waals surface area contributed by atoms with E-state index in [9.17, 15) is 0 Å². The average Bonchev–Trinajstić information content (AvgIpc) is 2.72. The number of benzene rings is 4. The van der Waals surface area contributed by atoms with Crippen LogP contribution in [0, 0.1) is 0 Å². The summed E-state index contributed by atoms with van der Waals surface area (Å²) in [6.07, 6.45) is 8.78. The number of rotatable bonds is 4. The Morgan fingerprint density at radius 1 is 0.429 bits per heavy atom. The van der Waals surface area contributed by atoms with Crippen LogP contribution in [0.15, 0.2) is 97.1 Å². The van der Waals surface area contributed by atoms with Crippen LogP contribution in [-0.4, -0.2) is 37.7 Å². The van der Waals surface area contributed by atoms with Crippen molar-refractivity contribution < 1.29 is 0 Å². The van der Waals surface area contributed by atoms with Gasteiger partial charge >= 0.3 is 37.7 Å². The molecule has 0 radical (unpaired) electrons. The molecule has 0 heterocycles. The van der Waals surface area contributed by atoms with Crippen LogP contribution in [0.2, 0.25) is 0 Å². The summed E-state index contributed by atoms with van der Waals surface area (Å²) in [5.74, 6) is 0. The first-order chi connectivity index (χ1) is 12.9. The maximum atomic E-state index is 2.22. The van der Waals surface area contributed by atoms with Crippen LogP contribution in [0.4, 0.5) is 0 Å². The van der Waals surface area contributed by atoms with Crippen molar-refractivity contribution in [1.29, 1.82) is 0 Å². The predicted octanol–water partition coefficient (Wildman–Crippen LogP) is 5.88. The molecule has 0 saturated heterocycles. The summed E-state index contributed by atoms with van der Waals surface area (Å²) in [5.41, 5.74) is 4.89. The molecule has 0 spiro atoms. The predicted molar refractivity (Wildman–Crippen MR) is 129 cm³/mol. The topological polar surface area (TPSA) is 0 Å². The third-order valence-electron chi connectivity index (χ3n) is 4.50. The molecule has 4 aromatic carbocycles. The van der Waals surface area contributed by atoms with Crippen molar-refractivity contribution >= 4 is 72.8 Å². The number of fused-ring (bicyclic) bond motifs is 1. The summed E-state index contributed by atoms with van der Waals surface area (Å²) < 4.78 is 0. The first-order valence-electron chi connectivity index (χ1n) is 8.88. The van der Waals surface area contributed by atoms with Crippen LogP contribution in [0.1, 0.15) is 22.3 Å².